The predicted octanol–water partition coefficient (Wildman–Crippen LogP) is 1.93. The Morgan fingerprint density at radius 1 is 1.79 bits per heavy atom. The molecule has 0 bridgehead atoms. The molecule has 0 saturated carbocycles. The largest absolute Gasteiger partial charge is 0.379 e. The van der Waals surface area contributed by atoms with Crippen LogP contribution in [0.4, 0.5) is 0 Å². The minimum atomic E-state index is -0.0222. The Kier molecular flexibility index (Phi) is 3.03. The smallest absolute Gasteiger partial charge is 0.101 e. The predicted molar refractivity (Wildman–Crippen MR) is 53.4 cm³/mol. The van der Waals surface area contributed by atoms with Crippen molar-refractivity contribution in [2.75, 3.05) is 13.2 Å². The SMILES string of the molecule is CCC(Cl)c1cn(C2CCOC2)nn1. The molecule has 4 nitrogen and oxygen atoms in total. The van der Waals surface area contributed by atoms with E-state index in [0.717, 1.165) is 31.7 Å². The number of ether oxygens (including phenoxy) is 1. The van der Waals surface area contributed by atoms with Crippen LogP contribution in [-0.4, -0.2) is 28.2 Å². The molecule has 0 radical (unpaired) electrons. The van der Waals surface area contributed by atoms with Crippen LogP contribution in [0.15, 0.2) is 6.20 Å². The number of rotatable bonds is 3. The molecule has 0 amide bonds. The number of halogens is 1. The fourth-order valence-corrected chi connectivity index (χ4v) is 1.65. The Bertz CT molecular complexity index is 296. The highest BCUT2D eigenvalue weighted by Crippen LogP contribution is 2.23. The molecule has 0 N–H and O–H groups in total. The zero-order valence-corrected chi connectivity index (χ0v) is 8.94. The highest BCUT2D eigenvalue weighted by Gasteiger charge is 2.20. The van der Waals surface area contributed by atoms with Gasteiger partial charge in [-0.25, -0.2) is 4.68 Å². The summed E-state index contributed by atoms with van der Waals surface area (Å²) in [5.74, 6) is 0. The second-order valence-electron chi connectivity index (χ2n) is 3.52. The third kappa shape index (κ3) is 1.91. The summed E-state index contributed by atoms with van der Waals surface area (Å²) in [6, 6.07) is 0.344. The normalized spacial score (nSPS) is 24.0. The molecule has 1 fully saturated rings. The van der Waals surface area contributed by atoms with Gasteiger partial charge in [-0.2, -0.15) is 0 Å². The highest BCUT2D eigenvalue weighted by atomic mass is 35.5. The minimum Gasteiger partial charge on any atom is -0.379 e. The minimum absolute atomic E-state index is 0.0222. The molecule has 78 valence electrons. The summed E-state index contributed by atoms with van der Waals surface area (Å²) in [5, 5.41) is 8.10. The van der Waals surface area contributed by atoms with Gasteiger partial charge in [-0.05, 0) is 12.8 Å². The second-order valence-corrected chi connectivity index (χ2v) is 4.04. The maximum Gasteiger partial charge on any atom is 0.101 e. The zero-order chi connectivity index (χ0) is 9.97. The van der Waals surface area contributed by atoms with E-state index in [1.165, 1.54) is 0 Å². The number of alkyl halides is 1. The number of aromatic nitrogens is 3. The van der Waals surface area contributed by atoms with Gasteiger partial charge in [0.2, 0.25) is 0 Å². The first-order valence-corrected chi connectivity index (χ1v) is 5.38. The maximum absolute atomic E-state index is 6.06. The molecule has 1 aromatic rings. The summed E-state index contributed by atoms with van der Waals surface area (Å²) in [6.45, 7) is 3.59. The Labute approximate surface area is 88.2 Å². The molecule has 5 heteroatoms. The molecule has 14 heavy (non-hydrogen) atoms. The molecule has 1 aliphatic rings. The first kappa shape index (κ1) is 9.93. The molecular formula is C9H14ClN3O. The number of nitrogens with zero attached hydrogens (tertiary/aromatic N) is 3. The summed E-state index contributed by atoms with van der Waals surface area (Å²) in [6.07, 6.45) is 3.82. The second kappa shape index (κ2) is 4.28. The quantitative estimate of drug-likeness (QED) is 0.724. The van der Waals surface area contributed by atoms with Crippen molar-refractivity contribution in [3.63, 3.8) is 0 Å². The van der Waals surface area contributed by atoms with Crippen molar-refractivity contribution in [2.24, 2.45) is 0 Å². The average molecular weight is 216 g/mol. The monoisotopic (exact) mass is 215 g/mol. The van der Waals surface area contributed by atoms with E-state index in [2.05, 4.69) is 10.3 Å². The summed E-state index contributed by atoms with van der Waals surface area (Å²) in [7, 11) is 0. The summed E-state index contributed by atoms with van der Waals surface area (Å²) < 4.78 is 7.15. The molecular weight excluding hydrogens is 202 g/mol. The van der Waals surface area contributed by atoms with Crippen molar-refractivity contribution in [1.29, 1.82) is 0 Å². The molecule has 2 unspecified atom stereocenters. The Balaban J connectivity index is 2.08. The molecule has 0 aliphatic carbocycles. The highest BCUT2D eigenvalue weighted by molar-refractivity contribution is 6.20. The molecule has 0 aromatic carbocycles. The number of hydrogen-bond acceptors (Lipinski definition) is 3. The van der Waals surface area contributed by atoms with Crippen LogP contribution < -0.4 is 0 Å². The van der Waals surface area contributed by atoms with Gasteiger partial charge in [0, 0.05) is 6.61 Å². The molecule has 2 atom stereocenters. The Hall–Kier alpha value is -0.610. The fraction of sp³-hybridized carbons (Fsp3) is 0.778. The van der Waals surface area contributed by atoms with E-state index in [-0.39, 0.29) is 5.38 Å². The van der Waals surface area contributed by atoms with Crippen LogP contribution in [-0.2, 0) is 4.74 Å². The summed E-state index contributed by atoms with van der Waals surface area (Å²) >= 11 is 6.06. The third-order valence-corrected chi connectivity index (χ3v) is 3.02. The van der Waals surface area contributed by atoms with Crippen molar-refractivity contribution >= 4 is 11.6 Å². The molecule has 0 spiro atoms. The molecule has 2 heterocycles. The molecule has 2 rings (SSSR count). The van der Waals surface area contributed by atoms with Crippen LogP contribution in [0.5, 0.6) is 0 Å². The number of hydrogen-bond donors (Lipinski definition) is 0. The standard InChI is InChI=1S/C9H14ClN3O/c1-2-8(10)9-5-13(12-11-9)7-3-4-14-6-7/h5,7-8H,2-4,6H2,1H3. The van der Waals surface area contributed by atoms with Crippen LogP contribution in [0.2, 0.25) is 0 Å². The lowest BCUT2D eigenvalue weighted by atomic mass is 10.2. The van der Waals surface area contributed by atoms with E-state index in [9.17, 15) is 0 Å². The first-order chi connectivity index (χ1) is 6.81. The maximum atomic E-state index is 6.06. The van der Waals surface area contributed by atoms with Crippen LogP contribution in [0, 0.1) is 0 Å². The van der Waals surface area contributed by atoms with Crippen molar-refractivity contribution in [1.82, 2.24) is 15.0 Å². The lowest BCUT2D eigenvalue weighted by Crippen LogP contribution is -2.09. The third-order valence-electron chi connectivity index (χ3n) is 2.49. The van der Waals surface area contributed by atoms with E-state index in [1.54, 1.807) is 0 Å². The van der Waals surface area contributed by atoms with Gasteiger partial charge in [-0.15, -0.1) is 16.7 Å². The topological polar surface area (TPSA) is 39.9 Å². The van der Waals surface area contributed by atoms with Gasteiger partial charge in [0.1, 0.15) is 5.69 Å². The van der Waals surface area contributed by atoms with Gasteiger partial charge in [-0.3, -0.25) is 0 Å². The molecule has 1 aromatic heterocycles. The van der Waals surface area contributed by atoms with Crippen molar-refractivity contribution in [3.8, 4) is 0 Å². The van der Waals surface area contributed by atoms with E-state index < -0.39 is 0 Å². The van der Waals surface area contributed by atoms with Gasteiger partial charge in [0.05, 0.1) is 24.2 Å². The average Bonchev–Trinajstić information content (AvgIpc) is 2.86. The molecule has 1 saturated heterocycles. The van der Waals surface area contributed by atoms with Crippen LogP contribution in [0.1, 0.15) is 36.9 Å². The van der Waals surface area contributed by atoms with E-state index in [4.69, 9.17) is 16.3 Å². The zero-order valence-electron chi connectivity index (χ0n) is 8.19. The van der Waals surface area contributed by atoms with Crippen LogP contribution >= 0.6 is 11.6 Å². The first-order valence-electron chi connectivity index (χ1n) is 4.94. The Morgan fingerprint density at radius 3 is 3.29 bits per heavy atom. The lowest BCUT2D eigenvalue weighted by molar-refractivity contribution is 0.184. The van der Waals surface area contributed by atoms with E-state index >= 15 is 0 Å². The van der Waals surface area contributed by atoms with Gasteiger partial charge in [0.15, 0.2) is 0 Å². The fourth-order valence-electron chi connectivity index (χ4n) is 1.55. The van der Waals surface area contributed by atoms with Crippen molar-refractivity contribution in [3.05, 3.63) is 11.9 Å². The van der Waals surface area contributed by atoms with Crippen LogP contribution in [0.25, 0.3) is 0 Å². The van der Waals surface area contributed by atoms with Gasteiger partial charge >= 0.3 is 0 Å². The van der Waals surface area contributed by atoms with E-state index in [0.29, 0.717) is 6.04 Å². The van der Waals surface area contributed by atoms with Crippen molar-refractivity contribution in [2.45, 2.75) is 31.2 Å². The van der Waals surface area contributed by atoms with Crippen LogP contribution in [0.3, 0.4) is 0 Å². The van der Waals surface area contributed by atoms with Gasteiger partial charge in [-0.1, -0.05) is 12.1 Å². The van der Waals surface area contributed by atoms with Gasteiger partial charge < -0.3 is 4.74 Å². The van der Waals surface area contributed by atoms with Crippen molar-refractivity contribution < 1.29 is 4.74 Å². The summed E-state index contributed by atoms with van der Waals surface area (Å²) in [4.78, 5) is 0. The van der Waals surface area contributed by atoms with Gasteiger partial charge in [0.25, 0.3) is 0 Å². The Morgan fingerprint density at radius 2 is 2.64 bits per heavy atom. The molecule has 1 aliphatic heterocycles. The lowest BCUT2D eigenvalue weighted by Gasteiger charge is -2.05. The van der Waals surface area contributed by atoms with E-state index in [1.807, 2.05) is 17.8 Å². The summed E-state index contributed by atoms with van der Waals surface area (Å²) in [5.41, 5.74) is 0.862.